The van der Waals surface area contributed by atoms with Crippen molar-refractivity contribution in [3.8, 4) is 33.4 Å². The summed E-state index contributed by atoms with van der Waals surface area (Å²) in [6, 6.07) is 68.6. The molecular weight excluding hydrogens is 667 g/mol. The number of nitrogens with zero attached hydrogens (tertiary/aromatic N) is 1. The van der Waals surface area contributed by atoms with Gasteiger partial charge in [-0.25, -0.2) is 0 Å². The molecule has 1 heterocycles. The van der Waals surface area contributed by atoms with Gasteiger partial charge in [-0.3, -0.25) is 0 Å². The van der Waals surface area contributed by atoms with E-state index in [1.54, 1.807) is 0 Å². The molecule has 1 aliphatic rings. The zero-order valence-electron chi connectivity index (χ0n) is 30.8. The summed E-state index contributed by atoms with van der Waals surface area (Å²) in [5.74, 6) is 0. The predicted molar refractivity (Wildman–Crippen MR) is 232 cm³/mol. The van der Waals surface area contributed by atoms with Crippen molar-refractivity contribution >= 4 is 60.5 Å². The molecule has 9 aromatic carbocycles. The predicted octanol–water partition coefficient (Wildman–Crippen LogP) is 15.0. The molecule has 0 unspecified atom stereocenters. The Morgan fingerprint density at radius 1 is 0.418 bits per heavy atom. The Labute approximate surface area is 320 Å². The quantitative estimate of drug-likeness (QED) is 0.177. The summed E-state index contributed by atoms with van der Waals surface area (Å²) in [7, 11) is 0. The zero-order valence-corrected chi connectivity index (χ0v) is 30.8. The van der Waals surface area contributed by atoms with Crippen LogP contribution in [0.5, 0.6) is 0 Å². The van der Waals surface area contributed by atoms with E-state index in [-0.39, 0.29) is 5.41 Å². The molecule has 0 saturated heterocycles. The number of furan rings is 1. The molecule has 11 rings (SSSR count). The van der Waals surface area contributed by atoms with Crippen molar-refractivity contribution in [1.29, 1.82) is 0 Å². The number of benzene rings is 9. The average molecular weight is 704 g/mol. The maximum atomic E-state index is 6.59. The number of hydrogen-bond acceptors (Lipinski definition) is 2. The first-order chi connectivity index (χ1) is 27.0. The molecule has 260 valence electrons. The number of para-hydroxylation sites is 1. The Hall–Kier alpha value is -6.90. The van der Waals surface area contributed by atoms with Crippen molar-refractivity contribution in [3.63, 3.8) is 0 Å². The van der Waals surface area contributed by atoms with E-state index in [0.717, 1.165) is 50.1 Å². The van der Waals surface area contributed by atoms with Gasteiger partial charge < -0.3 is 9.32 Å². The Morgan fingerprint density at radius 3 is 1.96 bits per heavy atom. The van der Waals surface area contributed by atoms with Gasteiger partial charge in [0, 0.05) is 32.8 Å². The molecule has 0 aliphatic heterocycles. The summed E-state index contributed by atoms with van der Waals surface area (Å²) in [5.41, 5.74) is 15.0. The molecule has 0 fully saturated rings. The van der Waals surface area contributed by atoms with Crippen molar-refractivity contribution in [2.75, 3.05) is 4.90 Å². The highest BCUT2D eigenvalue weighted by molar-refractivity contribution is 6.18. The Balaban J connectivity index is 1.25. The third kappa shape index (κ3) is 4.81. The maximum Gasteiger partial charge on any atom is 0.136 e. The maximum absolute atomic E-state index is 6.59. The standard InChI is InChI=1S/C53H37NO/c1-53(2)45-22-12-10-19-41(45)42-27-26-38(33-46(42)53)54(47-29-28-39(35-15-4-3-5-16-35)40-18-8-9-20-43(40)47)48-30-31-50-52(44-21-11-13-23-49(44)55-50)51(48)37-25-24-34-14-6-7-17-36(34)32-37/h3-33H,1-2H3. The van der Waals surface area contributed by atoms with E-state index in [1.807, 2.05) is 0 Å². The smallest absolute Gasteiger partial charge is 0.136 e. The molecule has 1 aliphatic carbocycles. The second-order valence-corrected chi connectivity index (χ2v) is 15.3. The molecule has 0 N–H and O–H groups in total. The van der Waals surface area contributed by atoms with E-state index < -0.39 is 0 Å². The fourth-order valence-electron chi connectivity index (χ4n) is 9.22. The van der Waals surface area contributed by atoms with Crippen molar-refractivity contribution < 1.29 is 4.42 Å². The minimum atomic E-state index is -0.154. The lowest BCUT2D eigenvalue weighted by Crippen LogP contribution is -2.17. The van der Waals surface area contributed by atoms with E-state index in [4.69, 9.17) is 4.42 Å². The summed E-state index contributed by atoms with van der Waals surface area (Å²) in [4.78, 5) is 2.50. The van der Waals surface area contributed by atoms with Crippen LogP contribution in [0.25, 0.3) is 76.9 Å². The van der Waals surface area contributed by atoms with Gasteiger partial charge in [-0.05, 0) is 97.6 Å². The van der Waals surface area contributed by atoms with Crippen LogP contribution in [0.2, 0.25) is 0 Å². The average Bonchev–Trinajstić information content (AvgIpc) is 3.73. The van der Waals surface area contributed by atoms with Crippen LogP contribution >= 0.6 is 0 Å². The first-order valence-electron chi connectivity index (χ1n) is 19.1. The van der Waals surface area contributed by atoms with Crippen LogP contribution in [0, 0.1) is 0 Å². The Morgan fingerprint density at radius 2 is 1.09 bits per heavy atom. The van der Waals surface area contributed by atoms with Crippen LogP contribution in [-0.2, 0) is 5.41 Å². The molecule has 0 atom stereocenters. The minimum Gasteiger partial charge on any atom is -0.456 e. The van der Waals surface area contributed by atoms with E-state index in [2.05, 4.69) is 207 Å². The van der Waals surface area contributed by atoms with Crippen molar-refractivity contribution in [3.05, 3.63) is 199 Å². The number of anilines is 3. The largest absolute Gasteiger partial charge is 0.456 e. The molecule has 55 heavy (non-hydrogen) atoms. The lowest BCUT2D eigenvalue weighted by Gasteiger charge is -2.31. The van der Waals surface area contributed by atoms with Gasteiger partial charge in [0.2, 0.25) is 0 Å². The zero-order chi connectivity index (χ0) is 36.7. The second kappa shape index (κ2) is 12.1. The van der Waals surface area contributed by atoms with E-state index in [1.165, 1.54) is 54.9 Å². The van der Waals surface area contributed by atoms with Gasteiger partial charge >= 0.3 is 0 Å². The van der Waals surface area contributed by atoms with Gasteiger partial charge in [0.1, 0.15) is 11.2 Å². The van der Waals surface area contributed by atoms with Crippen molar-refractivity contribution in [1.82, 2.24) is 0 Å². The van der Waals surface area contributed by atoms with Gasteiger partial charge in [0.15, 0.2) is 0 Å². The summed E-state index contributed by atoms with van der Waals surface area (Å²) >= 11 is 0. The van der Waals surface area contributed by atoms with Crippen molar-refractivity contribution in [2.24, 2.45) is 0 Å². The molecule has 0 saturated carbocycles. The highest BCUT2D eigenvalue weighted by Crippen LogP contribution is 2.53. The van der Waals surface area contributed by atoms with Crippen LogP contribution in [0.4, 0.5) is 17.1 Å². The summed E-state index contributed by atoms with van der Waals surface area (Å²) in [5, 5.41) is 7.05. The van der Waals surface area contributed by atoms with Gasteiger partial charge in [-0.15, -0.1) is 0 Å². The fraction of sp³-hybridized carbons (Fsp3) is 0.0566. The van der Waals surface area contributed by atoms with Gasteiger partial charge in [-0.2, -0.15) is 0 Å². The van der Waals surface area contributed by atoms with Crippen LogP contribution in [0.3, 0.4) is 0 Å². The van der Waals surface area contributed by atoms with Crippen molar-refractivity contribution in [2.45, 2.75) is 19.3 Å². The molecule has 2 nitrogen and oxygen atoms in total. The number of hydrogen-bond donors (Lipinski definition) is 0. The third-order valence-corrected chi connectivity index (χ3v) is 11.9. The lowest BCUT2D eigenvalue weighted by molar-refractivity contribution is 0.660. The van der Waals surface area contributed by atoms with Gasteiger partial charge in [0.25, 0.3) is 0 Å². The molecule has 0 radical (unpaired) electrons. The summed E-state index contributed by atoms with van der Waals surface area (Å²) in [6.45, 7) is 4.72. The highest BCUT2D eigenvalue weighted by Gasteiger charge is 2.36. The molecule has 0 amide bonds. The summed E-state index contributed by atoms with van der Waals surface area (Å²) in [6.07, 6.45) is 0. The fourth-order valence-corrected chi connectivity index (χ4v) is 9.22. The van der Waals surface area contributed by atoms with E-state index in [9.17, 15) is 0 Å². The third-order valence-electron chi connectivity index (χ3n) is 11.9. The van der Waals surface area contributed by atoms with Crippen LogP contribution < -0.4 is 4.90 Å². The molecule has 0 spiro atoms. The number of rotatable bonds is 5. The topological polar surface area (TPSA) is 16.4 Å². The van der Waals surface area contributed by atoms with E-state index >= 15 is 0 Å². The first kappa shape index (κ1) is 31.6. The monoisotopic (exact) mass is 703 g/mol. The Bertz CT molecular complexity index is 3130. The first-order valence-corrected chi connectivity index (χ1v) is 19.1. The molecular formula is C53H37NO. The van der Waals surface area contributed by atoms with Crippen LogP contribution in [-0.4, -0.2) is 0 Å². The minimum absolute atomic E-state index is 0.154. The molecule has 2 heteroatoms. The van der Waals surface area contributed by atoms with Crippen LogP contribution in [0.15, 0.2) is 192 Å². The second-order valence-electron chi connectivity index (χ2n) is 15.3. The Kier molecular flexibility index (Phi) is 6.93. The normalized spacial score (nSPS) is 13.1. The van der Waals surface area contributed by atoms with E-state index in [0.29, 0.717) is 0 Å². The highest BCUT2D eigenvalue weighted by atomic mass is 16.3. The van der Waals surface area contributed by atoms with Crippen LogP contribution in [0.1, 0.15) is 25.0 Å². The lowest BCUT2D eigenvalue weighted by atomic mass is 9.82. The molecule has 1 aromatic heterocycles. The number of fused-ring (bicyclic) bond motifs is 8. The molecule has 0 bridgehead atoms. The van der Waals surface area contributed by atoms with Gasteiger partial charge in [-0.1, -0.05) is 159 Å². The summed E-state index contributed by atoms with van der Waals surface area (Å²) < 4.78 is 6.59. The van der Waals surface area contributed by atoms with Gasteiger partial charge in [0.05, 0.1) is 11.4 Å². The molecule has 10 aromatic rings. The SMILES string of the molecule is CC1(C)c2ccccc2-c2ccc(N(c3ccc4oc5ccccc5c4c3-c3ccc4ccccc4c3)c3ccc(-c4ccccc4)c4ccccc34)cc21.